The van der Waals surface area contributed by atoms with E-state index < -0.39 is 17.7 Å². The number of methoxy groups -OCH3 is 1. The van der Waals surface area contributed by atoms with E-state index in [0.717, 1.165) is 11.6 Å². The van der Waals surface area contributed by atoms with Crippen molar-refractivity contribution in [2.45, 2.75) is 31.9 Å². The van der Waals surface area contributed by atoms with Gasteiger partial charge in [-0.3, -0.25) is 4.79 Å². The Labute approximate surface area is 181 Å². The molecule has 1 heterocycles. The molecule has 168 valence electrons. The zero-order valence-corrected chi connectivity index (χ0v) is 18.4. The Morgan fingerprint density at radius 1 is 1.13 bits per heavy atom. The van der Waals surface area contributed by atoms with E-state index in [2.05, 4.69) is 0 Å². The van der Waals surface area contributed by atoms with Crippen LogP contribution in [0, 0.1) is 5.92 Å². The molecule has 0 bridgehead atoms. The van der Waals surface area contributed by atoms with Crippen molar-refractivity contribution in [2.75, 3.05) is 39.2 Å². The van der Waals surface area contributed by atoms with Crippen LogP contribution in [0.2, 0.25) is 0 Å². The molecule has 31 heavy (non-hydrogen) atoms. The highest BCUT2D eigenvalue weighted by atomic mass is 19.4. The summed E-state index contributed by atoms with van der Waals surface area (Å²) in [5.41, 5.74) is 0.747. The molecule has 7 heteroatoms. The predicted octanol–water partition coefficient (Wildman–Crippen LogP) is 4.97. The van der Waals surface area contributed by atoms with Gasteiger partial charge in [0, 0.05) is 24.7 Å². The number of hydrogen-bond acceptors (Lipinski definition) is 3. The molecule has 0 aliphatic carbocycles. The van der Waals surface area contributed by atoms with Crippen LogP contribution in [-0.2, 0) is 17.4 Å². The topological polar surface area (TPSA) is 32.8 Å². The molecule has 2 atom stereocenters. The van der Waals surface area contributed by atoms with Crippen molar-refractivity contribution in [3.63, 3.8) is 0 Å². The van der Waals surface area contributed by atoms with Crippen LogP contribution in [0.25, 0.3) is 0 Å². The van der Waals surface area contributed by atoms with Crippen molar-refractivity contribution in [1.29, 1.82) is 0 Å². The fourth-order valence-electron chi connectivity index (χ4n) is 4.35. The third-order valence-electron chi connectivity index (χ3n) is 6.00. The van der Waals surface area contributed by atoms with Gasteiger partial charge in [0.1, 0.15) is 5.75 Å². The number of rotatable bonds is 6. The van der Waals surface area contributed by atoms with E-state index in [-0.39, 0.29) is 23.8 Å². The minimum atomic E-state index is -4.49. The maximum absolute atomic E-state index is 13.9. The molecule has 0 aromatic heterocycles. The summed E-state index contributed by atoms with van der Waals surface area (Å²) in [6.07, 6.45) is -3.79. The zero-order chi connectivity index (χ0) is 22.8. The van der Waals surface area contributed by atoms with Crippen LogP contribution in [0.15, 0.2) is 42.5 Å². The van der Waals surface area contributed by atoms with Gasteiger partial charge in [0.05, 0.1) is 12.7 Å². The third kappa shape index (κ3) is 4.87. The van der Waals surface area contributed by atoms with Crippen LogP contribution in [0.3, 0.4) is 0 Å². The molecule has 0 spiro atoms. The van der Waals surface area contributed by atoms with Gasteiger partial charge in [-0.05, 0) is 68.2 Å². The number of nitrogens with zero attached hydrogens (tertiary/aromatic N) is 2. The molecule has 1 aliphatic heterocycles. The lowest BCUT2D eigenvalue weighted by molar-refractivity contribution is -0.138. The molecule has 0 radical (unpaired) electrons. The monoisotopic (exact) mass is 434 g/mol. The molecule has 1 amide bonds. The smallest absolute Gasteiger partial charge is 0.416 e. The zero-order valence-electron chi connectivity index (χ0n) is 18.4. The molecular weight excluding hydrogens is 405 g/mol. The highest BCUT2D eigenvalue weighted by Crippen LogP contribution is 2.44. The van der Waals surface area contributed by atoms with Gasteiger partial charge in [0.25, 0.3) is 0 Å². The average molecular weight is 435 g/mol. The lowest BCUT2D eigenvalue weighted by atomic mass is 9.79. The lowest BCUT2D eigenvalue weighted by Gasteiger charge is -2.29. The van der Waals surface area contributed by atoms with E-state index >= 15 is 0 Å². The second-order valence-corrected chi connectivity index (χ2v) is 8.19. The Morgan fingerprint density at radius 3 is 2.35 bits per heavy atom. The van der Waals surface area contributed by atoms with Crippen LogP contribution >= 0.6 is 0 Å². The maximum atomic E-state index is 13.9. The van der Waals surface area contributed by atoms with E-state index in [1.807, 2.05) is 38.1 Å². The minimum absolute atomic E-state index is 0.122. The normalized spacial score (nSPS) is 19.4. The Hall–Kier alpha value is -2.54. The van der Waals surface area contributed by atoms with Gasteiger partial charge in [-0.15, -0.1) is 0 Å². The first-order valence-corrected chi connectivity index (χ1v) is 10.5. The summed E-state index contributed by atoms with van der Waals surface area (Å²) in [7, 11) is 5.33. The Kier molecular flexibility index (Phi) is 6.94. The Bertz CT molecular complexity index is 910. The molecule has 3 rings (SSSR count). The Morgan fingerprint density at radius 2 is 1.81 bits per heavy atom. The summed E-state index contributed by atoms with van der Waals surface area (Å²) in [6, 6.07) is 11.4. The van der Waals surface area contributed by atoms with Gasteiger partial charge < -0.3 is 14.5 Å². The van der Waals surface area contributed by atoms with Gasteiger partial charge in [0.15, 0.2) is 0 Å². The molecule has 0 fully saturated rings. The molecule has 1 aliphatic rings. The largest absolute Gasteiger partial charge is 0.497 e. The summed E-state index contributed by atoms with van der Waals surface area (Å²) in [5.74, 6) is -0.219. The van der Waals surface area contributed by atoms with Gasteiger partial charge >= 0.3 is 6.18 Å². The number of ether oxygens (including phenoxy) is 1. The summed E-state index contributed by atoms with van der Waals surface area (Å²) in [6.45, 7) is 2.82. The first-order valence-electron chi connectivity index (χ1n) is 10.5. The Balaban J connectivity index is 2.16. The minimum Gasteiger partial charge on any atom is -0.497 e. The average Bonchev–Trinajstić information content (AvgIpc) is 2.85. The first kappa shape index (κ1) is 23.1. The fourth-order valence-corrected chi connectivity index (χ4v) is 4.35. The van der Waals surface area contributed by atoms with Gasteiger partial charge in [-0.25, -0.2) is 0 Å². The number of fused-ring (bicyclic) bond motifs is 1. The molecule has 2 aromatic rings. The maximum Gasteiger partial charge on any atom is 0.416 e. The summed E-state index contributed by atoms with van der Waals surface area (Å²) < 4.78 is 47.0. The van der Waals surface area contributed by atoms with E-state index in [1.54, 1.807) is 30.2 Å². The molecule has 0 N–H and O–H groups in total. The van der Waals surface area contributed by atoms with Crippen LogP contribution < -0.4 is 9.64 Å². The summed E-state index contributed by atoms with van der Waals surface area (Å²) in [4.78, 5) is 17.1. The number of amides is 1. The molecule has 0 unspecified atom stereocenters. The van der Waals surface area contributed by atoms with Crippen LogP contribution in [0.5, 0.6) is 5.75 Å². The SMILES string of the molecule is CC[C@H]1C(=O)N(CCN(C)C)c2cccc(C(F)(F)F)c2C[C@H]1c1ccc(OC)cc1. The van der Waals surface area contributed by atoms with Gasteiger partial charge in [0.2, 0.25) is 5.91 Å². The number of alkyl halides is 3. The summed E-state index contributed by atoms with van der Waals surface area (Å²) >= 11 is 0. The second kappa shape index (κ2) is 9.30. The fraction of sp³-hybridized carbons (Fsp3) is 0.458. The van der Waals surface area contributed by atoms with Gasteiger partial charge in [-0.1, -0.05) is 25.1 Å². The van der Waals surface area contributed by atoms with E-state index in [0.29, 0.717) is 30.9 Å². The number of benzene rings is 2. The number of anilines is 1. The van der Waals surface area contributed by atoms with Crippen LogP contribution in [-0.4, -0.2) is 45.1 Å². The quantitative estimate of drug-likeness (QED) is 0.643. The van der Waals surface area contributed by atoms with Crippen molar-refractivity contribution in [3.05, 3.63) is 59.2 Å². The van der Waals surface area contributed by atoms with Crippen molar-refractivity contribution >= 4 is 11.6 Å². The van der Waals surface area contributed by atoms with E-state index in [1.165, 1.54) is 6.07 Å². The predicted molar refractivity (Wildman–Crippen MR) is 116 cm³/mol. The number of carbonyl (C=O) groups excluding carboxylic acids is 1. The lowest BCUT2D eigenvalue weighted by Crippen LogP contribution is -2.41. The van der Waals surface area contributed by atoms with E-state index in [4.69, 9.17) is 4.74 Å². The van der Waals surface area contributed by atoms with E-state index in [9.17, 15) is 18.0 Å². The highest BCUT2D eigenvalue weighted by Gasteiger charge is 2.41. The molecule has 0 saturated carbocycles. The number of hydrogen-bond donors (Lipinski definition) is 0. The van der Waals surface area contributed by atoms with Crippen molar-refractivity contribution in [2.24, 2.45) is 5.92 Å². The highest BCUT2D eigenvalue weighted by molar-refractivity contribution is 5.97. The molecule has 4 nitrogen and oxygen atoms in total. The van der Waals surface area contributed by atoms with Crippen molar-refractivity contribution < 1.29 is 22.7 Å². The van der Waals surface area contributed by atoms with Crippen molar-refractivity contribution in [1.82, 2.24) is 4.90 Å². The number of carbonyl (C=O) groups is 1. The second-order valence-electron chi connectivity index (χ2n) is 8.19. The van der Waals surface area contributed by atoms with Crippen LogP contribution in [0.4, 0.5) is 18.9 Å². The van der Waals surface area contributed by atoms with Gasteiger partial charge in [-0.2, -0.15) is 13.2 Å². The first-order chi connectivity index (χ1) is 14.7. The number of halogens is 3. The summed E-state index contributed by atoms with van der Waals surface area (Å²) in [5, 5.41) is 0. The van der Waals surface area contributed by atoms with Crippen LogP contribution in [0.1, 0.15) is 36.0 Å². The molecular formula is C24H29F3N2O2. The standard InChI is InChI=1S/C24H29F3N2O2/c1-5-18-19(16-9-11-17(31-4)12-10-16)15-20-21(24(25,26)27)7-6-8-22(20)29(23(18)30)14-13-28(2)3/h6-12,18-19H,5,13-15H2,1-4H3/t18-,19+/m1/s1. The molecule has 2 aromatic carbocycles. The number of likely N-dealkylation sites (N-methyl/N-ethyl adjacent to an activating group) is 1. The van der Waals surface area contributed by atoms with Crippen molar-refractivity contribution in [3.8, 4) is 5.75 Å². The third-order valence-corrected chi connectivity index (χ3v) is 6.00. The molecule has 0 saturated heterocycles.